The number of halogens is 1. The first-order valence-corrected chi connectivity index (χ1v) is 11.5. The monoisotopic (exact) mass is 479 g/mol. The van der Waals surface area contributed by atoms with Crippen LogP contribution in [0.15, 0.2) is 36.8 Å². The maximum atomic E-state index is 13.4. The maximum absolute atomic E-state index is 13.4. The van der Waals surface area contributed by atoms with Crippen molar-refractivity contribution in [2.75, 3.05) is 30.4 Å². The number of imidazole rings is 1. The van der Waals surface area contributed by atoms with Crippen molar-refractivity contribution in [2.24, 2.45) is 0 Å². The van der Waals surface area contributed by atoms with Crippen LogP contribution in [0.5, 0.6) is 6.01 Å². The van der Waals surface area contributed by atoms with Crippen LogP contribution in [0.25, 0.3) is 16.6 Å². The molecule has 0 aliphatic carbocycles. The Balaban J connectivity index is 1.54. The second-order valence-corrected chi connectivity index (χ2v) is 9.18. The lowest BCUT2D eigenvalue weighted by molar-refractivity contribution is 0.102. The Bertz CT molecular complexity index is 1390. The van der Waals surface area contributed by atoms with Gasteiger partial charge in [0.15, 0.2) is 5.65 Å². The standard InChI is InChI=1S/C24H26ClN7O2/c1-13-9-31(10-14(2)27-13)20-6-5-17(21-18(20)8-26-24(30-21)34-4)23(33)29-16-7-19(25)22-28-15(3)11-32(22)12-16/h5-8,11-14,27H,9-10H2,1-4H3,(H,29,33). The predicted molar refractivity (Wildman–Crippen MR) is 133 cm³/mol. The van der Waals surface area contributed by atoms with Crippen LogP contribution in [0.4, 0.5) is 11.4 Å². The summed E-state index contributed by atoms with van der Waals surface area (Å²) in [7, 11) is 1.51. The van der Waals surface area contributed by atoms with E-state index in [4.69, 9.17) is 16.3 Å². The molecule has 10 heteroatoms. The van der Waals surface area contributed by atoms with Crippen molar-refractivity contribution in [3.05, 3.63) is 53.1 Å². The lowest BCUT2D eigenvalue weighted by Gasteiger charge is -2.38. The summed E-state index contributed by atoms with van der Waals surface area (Å²) in [6.45, 7) is 7.91. The summed E-state index contributed by atoms with van der Waals surface area (Å²) in [5, 5.41) is 7.75. The van der Waals surface area contributed by atoms with Crippen molar-refractivity contribution in [3.63, 3.8) is 0 Å². The average Bonchev–Trinajstić information content (AvgIpc) is 3.18. The van der Waals surface area contributed by atoms with Gasteiger partial charge >= 0.3 is 6.01 Å². The van der Waals surface area contributed by atoms with Gasteiger partial charge in [-0.1, -0.05) is 11.6 Å². The van der Waals surface area contributed by atoms with Crippen molar-refractivity contribution >= 4 is 45.4 Å². The van der Waals surface area contributed by atoms with Gasteiger partial charge in [0.25, 0.3) is 5.91 Å². The smallest absolute Gasteiger partial charge is 0.316 e. The van der Waals surface area contributed by atoms with Crippen LogP contribution in [0.1, 0.15) is 29.9 Å². The van der Waals surface area contributed by atoms with Gasteiger partial charge in [-0.05, 0) is 39.0 Å². The highest BCUT2D eigenvalue weighted by molar-refractivity contribution is 6.33. The summed E-state index contributed by atoms with van der Waals surface area (Å²) in [5.41, 5.74) is 3.99. The lowest BCUT2D eigenvalue weighted by atomic mass is 10.0. The van der Waals surface area contributed by atoms with Crippen LogP contribution in [-0.2, 0) is 0 Å². The van der Waals surface area contributed by atoms with E-state index < -0.39 is 0 Å². The van der Waals surface area contributed by atoms with E-state index in [2.05, 4.69) is 44.3 Å². The van der Waals surface area contributed by atoms with Crippen LogP contribution in [0.2, 0.25) is 5.02 Å². The van der Waals surface area contributed by atoms with E-state index in [1.54, 1.807) is 28.9 Å². The molecule has 1 saturated heterocycles. The molecule has 34 heavy (non-hydrogen) atoms. The van der Waals surface area contributed by atoms with E-state index in [0.717, 1.165) is 29.9 Å². The fourth-order valence-corrected chi connectivity index (χ4v) is 4.87. The van der Waals surface area contributed by atoms with Gasteiger partial charge in [-0.3, -0.25) is 4.79 Å². The highest BCUT2D eigenvalue weighted by atomic mass is 35.5. The lowest BCUT2D eigenvalue weighted by Crippen LogP contribution is -2.54. The van der Waals surface area contributed by atoms with Crippen LogP contribution >= 0.6 is 11.6 Å². The number of benzene rings is 1. The highest BCUT2D eigenvalue weighted by Gasteiger charge is 2.24. The number of ether oxygens (including phenoxy) is 1. The normalized spacial score (nSPS) is 18.4. The molecule has 176 valence electrons. The number of aromatic nitrogens is 4. The molecule has 0 bridgehead atoms. The molecule has 3 aromatic heterocycles. The summed E-state index contributed by atoms with van der Waals surface area (Å²) in [6.07, 6.45) is 5.37. The molecule has 2 atom stereocenters. The number of fused-ring (bicyclic) bond motifs is 2. The van der Waals surface area contributed by atoms with Crippen LogP contribution < -0.4 is 20.3 Å². The van der Waals surface area contributed by atoms with E-state index >= 15 is 0 Å². The second kappa shape index (κ2) is 8.73. The first-order chi connectivity index (χ1) is 16.3. The Kier molecular flexibility index (Phi) is 5.75. The minimum Gasteiger partial charge on any atom is -0.467 e. The van der Waals surface area contributed by atoms with E-state index in [1.807, 2.05) is 19.2 Å². The maximum Gasteiger partial charge on any atom is 0.316 e. The van der Waals surface area contributed by atoms with Crippen molar-refractivity contribution in [2.45, 2.75) is 32.9 Å². The van der Waals surface area contributed by atoms with E-state index in [-0.39, 0.29) is 11.9 Å². The number of amides is 1. The van der Waals surface area contributed by atoms with Crippen LogP contribution in [-0.4, -0.2) is 57.5 Å². The van der Waals surface area contributed by atoms with Crippen molar-refractivity contribution in [1.82, 2.24) is 24.7 Å². The highest BCUT2D eigenvalue weighted by Crippen LogP contribution is 2.31. The number of pyridine rings is 1. The molecule has 0 spiro atoms. The third-order valence-electron chi connectivity index (χ3n) is 5.92. The number of anilines is 2. The van der Waals surface area contributed by atoms with Crippen molar-refractivity contribution in [1.29, 1.82) is 0 Å². The predicted octanol–water partition coefficient (Wildman–Crippen LogP) is 3.69. The number of hydrogen-bond donors (Lipinski definition) is 2. The summed E-state index contributed by atoms with van der Waals surface area (Å²) >= 11 is 6.39. The number of carbonyl (C=O) groups excluding carboxylic acids is 1. The Morgan fingerprint density at radius 3 is 2.71 bits per heavy atom. The topological polar surface area (TPSA) is 96.7 Å². The number of hydrogen-bond acceptors (Lipinski definition) is 7. The third kappa shape index (κ3) is 4.12. The number of aryl methyl sites for hydroxylation is 1. The molecule has 4 heterocycles. The van der Waals surface area contributed by atoms with Gasteiger partial charge in [-0.15, -0.1) is 0 Å². The van der Waals surface area contributed by atoms with Crippen LogP contribution in [0.3, 0.4) is 0 Å². The minimum atomic E-state index is -0.299. The molecule has 5 rings (SSSR count). The molecule has 1 aliphatic heterocycles. The first-order valence-electron chi connectivity index (χ1n) is 11.1. The Hall–Kier alpha value is -3.43. The molecule has 0 saturated carbocycles. The Morgan fingerprint density at radius 1 is 1.21 bits per heavy atom. The zero-order chi connectivity index (χ0) is 24.0. The summed E-state index contributed by atoms with van der Waals surface area (Å²) < 4.78 is 7.05. The minimum absolute atomic E-state index is 0.208. The van der Waals surface area contributed by atoms with E-state index in [0.29, 0.717) is 39.5 Å². The molecule has 1 aromatic carbocycles. The average molecular weight is 480 g/mol. The van der Waals surface area contributed by atoms with Gasteiger partial charge in [0.1, 0.15) is 0 Å². The summed E-state index contributed by atoms with van der Waals surface area (Å²) in [6, 6.07) is 6.35. The number of rotatable bonds is 4. The molecule has 4 aromatic rings. The summed E-state index contributed by atoms with van der Waals surface area (Å²) in [5.74, 6) is -0.299. The first kappa shape index (κ1) is 22.4. The molecule has 2 N–H and O–H groups in total. The van der Waals surface area contributed by atoms with Gasteiger partial charge in [-0.2, -0.15) is 4.98 Å². The number of methoxy groups -OCH3 is 1. The molecule has 2 unspecified atom stereocenters. The van der Waals surface area contributed by atoms with Crippen LogP contribution in [0, 0.1) is 6.92 Å². The molecular weight excluding hydrogens is 454 g/mol. The quantitative estimate of drug-likeness (QED) is 0.460. The fourth-order valence-electron chi connectivity index (χ4n) is 4.62. The molecule has 9 nitrogen and oxygen atoms in total. The van der Waals surface area contributed by atoms with Crippen molar-refractivity contribution in [3.8, 4) is 6.01 Å². The van der Waals surface area contributed by atoms with Gasteiger partial charge in [-0.25, -0.2) is 9.97 Å². The SMILES string of the molecule is COc1ncc2c(N3CC(C)NC(C)C3)ccc(C(=O)Nc3cc(Cl)c4nc(C)cn4c3)c2n1. The van der Waals surface area contributed by atoms with Gasteiger partial charge in [0.2, 0.25) is 0 Å². The number of nitrogens with one attached hydrogen (secondary N) is 2. The molecule has 1 fully saturated rings. The van der Waals surface area contributed by atoms with E-state index in [1.165, 1.54) is 7.11 Å². The molecule has 0 radical (unpaired) electrons. The number of piperazine rings is 1. The second-order valence-electron chi connectivity index (χ2n) is 8.77. The molecule has 1 aliphatic rings. The number of nitrogens with zero attached hydrogens (tertiary/aromatic N) is 5. The van der Waals surface area contributed by atoms with Gasteiger partial charge in [0, 0.05) is 54.8 Å². The van der Waals surface area contributed by atoms with Crippen molar-refractivity contribution < 1.29 is 9.53 Å². The fraction of sp³-hybridized carbons (Fsp3) is 0.333. The summed E-state index contributed by atoms with van der Waals surface area (Å²) in [4.78, 5) is 28.9. The zero-order valence-electron chi connectivity index (χ0n) is 19.5. The van der Waals surface area contributed by atoms with Gasteiger partial charge < -0.3 is 24.7 Å². The largest absolute Gasteiger partial charge is 0.467 e. The zero-order valence-corrected chi connectivity index (χ0v) is 20.2. The Labute approximate surface area is 202 Å². The molecular formula is C24H26ClN7O2. The van der Waals surface area contributed by atoms with Gasteiger partial charge in [0.05, 0.1) is 34.6 Å². The molecule has 1 amide bonds. The van der Waals surface area contributed by atoms with E-state index in [9.17, 15) is 4.79 Å². The number of carbonyl (C=O) groups is 1. The Morgan fingerprint density at radius 2 is 1.97 bits per heavy atom. The third-order valence-corrected chi connectivity index (χ3v) is 6.19.